The summed E-state index contributed by atoms with van der Waals surface area (Å²) in [6, 6.07) is 1.51. The highest BCUT2D eigenvalue weighted by atomic mass is 32.2. The highest BCUT2D eigenvalue weighted by Gasteiger charge is 2.31. The van der Waals surface area contributed by atoms with Crippen molar-refractivity contribution in [3.8, 4) is 0 Å². The average Bonchev–Trinajstić information content (AvgIpc) is 2.78. The lowest BCUT2D eigenvalue weighted by Crippen LogP contribution is -2.43. The second-order valence-corrected chi connectivity index (χ2v) is 6.60. The van der Waals surface area contributed by atoms with Crippen LogP contribution in [0.15, 0.2) is 17.3 Å². The van der Waals surface area contributed by atoms with Crippen LogP contribution >= 0.6 is 0 Å². The van der Waals surface area contributed by atoms with Crippen LogP contribution in [0, 0.1) is 11.8 Å². The fourth-order valence-corrected chi connectivity index (χ4v) is 3.67. The van der Waals surface area contributed by atoms with Gasteiger partial charge in [0.15, 0.2) is 5.03 Å². The molecule has 2 rings (SSSR count). The molecule has 17 heavy (non-hydrogen) atoms. The first-order valence-electron chi connectivity index (χ1n) is 6.02. The van der Waals surface area contributed by atoms with E-state index in [-0.39, 0.29) is 11.1 Å². The second-order valence-electron chi connectivity index (χ2n) is 4.92. The van der Waals surface area contributed by atoms with Crippen LogP contribution in [0.5, 0.6) is 0 Å². The van der Waals surface area contributed by atoms with Crippen molar-refractivity contribution >= 4 is 10.0 Å². The van der Waals surface area contributed by atoms with Crippen molar-refractivity contribution in [1.29, 1.82) is 0 Å². The Hall–Kier alpha value is -0.880. The Labute approximate surface area is 102 Å². The van der Waals surface area contributed by atoms with Gasteiger partial charge in [0, 0.05) is 6.04 Å². The molecule has 0 amide bonds. The molecular formula is C11H19N3O2S. The van der Waals surface area contributed by atoms with Crippen LogP contribution in [0.1, 0.15) is 33.1 Å². The first-order chi connectivity index (χ1) is 8.00. The van der Waals surface area contributed by atoms with Crippen molar-refractivity contribution in [2.45, 2.75) is 44.2 Å². The molecule has 2 N–H and O–H groups in total. The number of H-pyrrole nitrogens is 1. The molecule has 1 aromatic heterocycles. The molecule has 3 unspecified atom stereocenters. The summed E-state index contributed by atoms with van der Waals surface area (Å²) >= 11 is 0. The zero-order valence-electron chi connectivity index (χ0n) is 10.2. The van der Waals surface area contributed by atoms with Gasteiger partial charge in [0.1, 0.15) is 0 Å². The van der Waals surface area contributed by atoms with E-state index >= 15 is 0 Å². The smallest absolute Gasteiger partial charge is 0.257 e. The number of aromatic nitrogens is 2. The predicted octanol–water partition coefficient (Wildman–Crippen LogP) is 1.51. The fourth-order valence-electron chi connectivity index (χ4n) is 2.40. The van der Waals surface area contributed by atoms with Gasteiger partial charge in [0.2, 0.25) is 0 Å². The molecule has 0 saturated heterocycles. The van der Waals surface area contributed by atoms with E-state index in [0.717, 1.165) is 12.8 Å². The number of hydrogen-bond acceptors (Lipinski definition) is 3. The Morgan fingerprint density at radius 3 is 2.82 bits per heavy atom. The minimum atomic E-state index is -3.44. The lowest BCUT2D eigenvalue weighted by molar-refractivity contribution is 0.227. The molecule has 1 aliphatic rings. The molecule has 1 heterocycles. The number of sulfonamides is 1. The van der Waals surface area contributed by atoms with Crippen molar-refractivity contribution in [2.75, 3.05) is 0 Å². The van der Waals surface area contributed by atoms with Gasteiger partial charge in [-0.1, -0.05) is 26.7 Å². The van der Waals surface area contributed by atoms with Gasteiger partial charge in [-0.05, 0) is 24.3 Å². The third-order valence-electron chi connectivity index (χ3n) is 3.78. The van der Waals surface area contributed by atoms with Crippen LogP contribution in [-0.2, 0) is 10.0 Å². The zero-order valence-corrected chi connectivity index (χ0v) is 11.0. The van der Waals surface area contributed by atoms with E-state index in [1.807, 2.05) is 0 Å². The summed E-state index contributed by atoms with van der Waals surface area (Å²) < 4.78 is 26.8. The molecule has 96 valence electrons. The number of nitrogens with zero attached hydrogens (tertiary/aromatic N) is 1. The lowest BCUT2D eigenvalue weighted by Gasteiger charge is -2.34. The molecule has 0 radical (unpaired) electrons. The predicted molar refractivity (Wildman–Crippen MR) is 64.9 cm³/mol. The van der Waals surface area contributed by atoms with E-state index in [1.54, 1.807) is 0 Å². The molecule has 0 aromatic carbocycles. The van der Waals surface area contributed by atoms with E-state index in [1.165, 1.54) is 18.7 Å². The number of hydrogen-bond donors (Lipinski definition) is 2. The van der Waals surface area contributed by atoms with E-state index < -0.39 is 10.0 Å². The van der Waals surface area contributed by atoms with Crippen LogP contribution < -0.4 is 4.72 Å². The van der Waals surface area contributed by atoms with Gasteiger partial charge >= 0.3 is 0 Å². The van der Waals surface area contributed by atoms with E-state index in [0.29, 0.717) is 11.8 Å². The Balaban J connectivity index is 2.11. The van der Waals surface area contributed by atoms with E-state index in [4.69, 9.17) is 0 Å². The minimum absolute atomic E-state index is 0.0343. The summed E-state index contributed by atoms with van der Waals surface area (Å²) in [5.74, 6) is 0.944. The Kier molecular flexibility index (Phi) is 3.53. The van der Waals surface area contributed by atoms with Gasteiger partial charge < -0.3 is 0 Å². The van der Waals surface area contributed by atoms with Crippen molar-refractivity contribution < 1.29 is 8.42 Å². The summed E-state index contributed by atoms with van der Waals surface area (Å²) in [4.78, 5) is 0. The van der Waals surface area contributed by atoms with Crippen LogP contribution in [0.3, 0.4) is 0 Å². The zero-order chi connectivity index (χ0) is 12.5. The number of aromatic amines is 1. The third kappa shape index (κ3) is 2.69. The van der Waals surface area contributed by atoms with Gasteiger partial charge in [-0.25, -0.2) is 13.1 Å². The molecule has 0 bridgehead atoms. The van der Waals surface area contributed by atoms with Crippen molar-refractivity contribution in [1.82, 2.24) is 14.9 Å². The topological polar surface area (TPSA) is 74.8 Å². The highest BCUT2D eigenvalue weighted by molar-refractivity contribution is 7.89. The quantitative estimate of drug-likeness (QED) is 0.862. The average molecular weight is 257 g/mol. The van der Waals surface area contributed by atoms with E-state index in [2.05, 4.69) is 28.8 Å². The standard InChI is InChI=1S/C11H19N3O2S/c1-8-4-3-5-10(9(8)2)14-17(15,16)11-6-7-12-13-11/h6-10,14H,3-5H2,1-2H3,(H,12,13). The SMILES string of the molecule is CC1CCCC(NS(=O)(=O)c2ccn[nH]2)C1C. The monoisotopic (exact) mass is 257 g/mol. The third-order valence-corrected chi connectivity index (χ3v) is 5.20. The highest BCUT2D eigenvalue weighted by Crippen LogP contribution is 2.30. The van der Waals surface area contributed by atoms with Gasteiger partial charge in [-0.3, -0.25) is 5.10 Å². The summed E-state index contributed by atoms with van der Waals surface area (Å²) in [7, 11) is -3.44. The number of rotatable bonds is 3. The van der Waals surface area contributed by atoms with Gasteiger partial charge in [-0.2, -0.15) is 5.10 Å². The number of nitrogens with one attached hydrogen (secondary N) is 2. The minimum Gasteiger partial charge on any atom is -0.266 e. The molecular weight excluding hydrogens is 238 g/mol. The maximum absolute atomic E-state index is 12.0. The van der Waals surface area contributed by atoms with Crippen molar-refractivity contribution in [3.63, 3.8) is 0 Å². The van der Waals surface area contributed by atoms with Gasteiger partial charge in [0.05, 0.1) is 6.20 Å². The Morgan fingerprint density at radius 2 is 2.18 bits per heavy atom. The summed E-state index contributed by atoms with van der Waals surface area (Å²) in [6.45, 7) is 4.30. The lowest BCUT2D eigenvalue weighted by atomic mass is 9.78. The molecule has 1 aromatic rings. The molecule has 1 saturated carbocycles. The second kappa shape index (κ2) is 4.78. The van der Waals surface area contributed by atoms with Gasteiger partial charge in [-0.15, -0.1) is 0 Å². The molecule has 5 nitrogen and oxygen atoms in total. The van der Waals surface area contributed by atoms with Gasteiger partial charge in [0.25, 0.3) is 10.0 Å². The first kappa shape index (κ1) is 12.6. The molecule has 0 aliphatic heterocycles. The molecule has 1 fully saturated rings. The largest absolute Gasteiger partial charge is 0.266 e. The maximum Gasteiger partial charge on any atom is 0.257 e. The Bertz CT molecular complexity index is 455. The molecule has 0 spiro atoms. The van der Waals surface area contributed by atoms with Crippen LogP contribution in [0.2, 0.25) is 0 Å². The first-order valence-corrected chi connectivity index (χ1v) is 7.51. The van der Waals surface area contributed by atoms with Crippen molar-refractivity contribution in [2.24, 2.45) is 11.8 Å². The summed E-state index contributed by atoms with van der Waals surface area (Å²) in [5.41, 5.74) is 0. The van der Waals surface area contributed by atoms with Crippen molar-refractivity contribution in [3.05, 3.63) is 12.3 Å². The maximum atomic E-state index is 12.0. The fraction of sp³-hybridized carbons (Fsp3) is 0.727. The Morgan fingerprint density at radius 1 is 1.41 bits per heavy atom. The molecule has 1 aliphatic carbocycles. The van der Waals surface area contributed by atoms with Crippen LogP contribution in [0.25, 0.3) is 0 Å². The van der Waals surface area contributed by atoms with Crippen LogP contribution in [-0.4, -0.2) is 24.7 Å². The molecule has 3 atom stereocenters. The normalized spacial score (nSPS) is 30.4. The van der Waals surface area contributed by atoms with Crippen LogP contribution in [0.4, 0.5) is 0 Å². The van der Waals surface area contributed by atoms with E-state index in [9.17, 15) is 8.42 Å². The molecule has 6 heteroatoms. The summed E-state index contributed by atoms with van der Waals surface area (Å²) in [5, 5.41) is 6.31. The summed E-state index contributed by atoms with van der Waals surface area (Å²) in [6.07, 6.45) is 4.63.